The third-order valence-corrected chi connectivity index (χ3v) is 3.54. The summed E-state index contributed by atoms with van der Waals surface area (Å²) >= 11 is 0. The molecule has 0 aliphatic rings. The largest absolute Gasteiger partial charge is 0.448 e. The minimum absolute atomic E-state index is 0.230. The molecule has 0 fully saturated rings. The average molecular weight is 330 g/mol. The summed E-state index contributed by atoms with van der Waals surface area (Å²) in [7, 11) is 0. The van der Waals surface area contributed by atoms with Gasteiger partial charge in [0.05, 0.1) is 6.61 Å². The Bertz CT molecular complexity index is 674. The van der Waals surface area contributed by atoms with Gasteiger partial charge in [-0.05, 0) is 42.2 Å². The number of hydrogen-bond acceptors (Lipinski definition) is 3. The van der Waals surface area contributed by atoms with Crippen LogP contribution in [0.2, 0.25) is 0 Å². The van der Waals surface area contributed by atoms with Crippen molar-refractivity contribution in [1.29, 1.82) is 0 Å². The Kier molecular flexibility index (Phi) is 6.31. The SMILES string of the molecule is CC(CCOC(=O)NNC(=O)c1ccc(F)cc1)c1ccccc1. The Morgan fingerprint density at radius 1 is 1.04 bits per heavy atom. The van der Waals surface area contributed by atoms with Gasteiger partial charge in [0.25, 0.3) is 5.91 Å². The molecule has 24 heavy (non-hydrogen) atoms. The number of rotatable bonds is 5. The van der Waals surface area contributed by atoms with Gasteiger partial charge in [-0.25, -0.2) is 14.6 Å². The zero-order valence-electron chi connectivity index (χ0n) is 13.3. The predicted octanol–water partition coefficient (Wildman–Crippen LogP) is 3.39. The van der Waals surface area contributed by atoms with Gasteiger partial charge in [-0.3, -0.25) is 10.2 Å². The van der Waals surface area contributed by atoms with Crippen LogP contribution >= 0.6 is 0 Å². The Labute approximate surface area is 139 Å². The fraction of sp³-hybridized carbons (Fsp3) is 0.222. The van der Waals surface area contributed by atoms with Gasteiger partial charge < -0.3 is 4.74 Å². The van der Waals surface area contributed by atoms with E-state index in [0.29, 0.717) is 6.42 Å². The molecular weight excluding hydrogens is 311 g/mol. The van der Waals surface area contributed by atoms with Crippen LogP contribution in [0.1, 0.15) is 35.2 Å². The number of benzene rings is 2. The quantitative estimate of drug-likeness (QED) is 0.826. The van der Waals surface area contributed by atoms with Crippen LogP contribution in [0.5, 0.6) is 0 Å². The van der Waals surface area contributed by atoms with Gasteiger partial charge in [0.15, 0.2) is 0 Å². The summed E-state index contributed by atoms with van der Waals surface area (Å²) in [5, 5.41) is 0. The molecule has 0 bridgehead atoms. The number of halogens is 1. The third-order valence-electron chi connectivity index (χ3n) is 3.54. The van der Waals surface area contributed by atoms with E-state index < -0.39 is 17.8 Å². The Hall–Kier alpha value is -2.89. The first-order valence-electron chi connectivity index (χ1n) is 7.60. The van der Waals surface area contributed by atoms with Crippen LogP contribution in [-0.2, 0) is 4.74 Å². The number of carbonyl (C=O) groups excluding carboxylic acids is 2. The highest BCUT2D eigenvalue weighted by Gasteiger charge is 2.09. The predicted molar refractivity (Wildman–Crippen MR) is 87.8 cm³/mol. The van der Waals surface area contributed by atoms with E-state index in [-0.39, 0.29) is 18.1 Å². The summed E-state index contributed by atoms with van der Waals surface area (Å²) < 4.78 is 17.8. The first-order chi connectivity index (χ1) is 11.6. The zero-order valence-corrected chi connectivity index (χ0v) is 13.3. The lowest BCUT2D eigenvalue weighted by atomic mass is 9.98. The van der Waals surface area contributed by atoms with E-state index in [9.17, 15) is 14.0 Å². The van der Waals surface area contributed by atoms with Crippen LogP contribution in [0.15, 0.2) is 54.6 Å². The van der Waals surface area contributed by atoms with Crippen molar-refractivity contribution in [3.8, 4) is 0 Å². The number of amides is 2. The monoisotopic (exact) mass is 330 g/mol. The second kappa shape index (κ2) is 8.67. The first kappa shape index (κ1) is 17.5. The van der Waals surface area contributed by atoms with Gasteiger partial charge in [0, 0.05) is 5.56 Å². The highest BCUT2D eigenvalue weighted by molar-refractivity contribution is 5.94. The Morgan fingerprint density at radius 3 is 2.38 bits per heavy atom. The molecule has 0 radical (unpaired) electrons. The lowest BCUT2D eigenvalue weighted by Crippen LogP contribution is -2.42. The van der Waals surface area contributed by atoms with Crippen molar-refractivity contribution in [2.24, 2.45) is 0 Å². The van der Waals surface area contributed by atoms with E-state index in [4.69, 9.17) is 4.74 Å². The molecule has 0 spiro atoms. The molecule has 2 rings (SSSR count). The van der Waals surface area contributed by atoms with Crippen molar-refractivity contribution in [1.82, 2.24) is 10.9 Å². The number of ether oxygens (including phenoxy) is 1. The molecular formula is C18H19FN2O3. The van der Waals surface area contributed by atoms with Gasteiger partial charge in [-0.1, -0.05) is 37.3 Å². The number of nitrogens with one attached hydrogen (secondary N) is 2. The molecule has 2 aromatic carbocycles. The summed E-state index contributed by atoms with van der Waals surface area (Å²) in [6, 6.07) is 14.9. The van der Waals surface area contributed by atoms with Crippen LogP contribution in [0.3, 0.4) is 0 Å². The van der Waals surface area contributed by atoms with E-state index >= 15 is 0 Å². The summed E-state index contributed by atoms with van der Waals surface area (Å²) in [4.78, 5) is 23.3. The first-order valence-corrected chi connectivity index (χ1v) is 7.60. The van der Waals surface area contributed by atoms with E-state index in [1.165, 1.54) is 17.7 Å². The topological polar surface area (TPSA) is 67.4 Å². The molecule has 0 heterocycles. The van der Waals surface area contributed by atoms with E-state index in [0.717, 1.165) is 12.1 Å². The van der Waals surface area contributed by atoms with Crippen LogP contribution in [-0.4, -0.2) is 18.6 Å². The lowest BCUT2D eigenvalue weighted by molar-refractivity contribution is 0.0907. The Balaban J connectivity index is 1.68. The second-order valence-corrected chi connectivity index (χ2v) is 5.32. The molecule has 0 saturated carbocycles. The van der Waals surface area contributed by atoms with Crippen LogP contribution in [0, 0.1) is 5.82 Å². The molecule has 2 N–H and O–H groups in total. The minimum Gasteiger partial charge on any atom is -0.448 e. The second-order valence-electron chi connectivity index (χ2n) is 5.32. The molecule has 1 atom stereocenters. The summed E-state index contributed by atoms with van der Waals surface area (Å²) in [6.07, 6.45) is -0.0747. The van der Waals surface area contributed by atoms with Crippen LogP contribution in [0.25, 0.3) is 0 Å². The Morgan fingerprint density at radius 2 is 1.71 bits per heavy atom. The number of hydrogen-bond donors (Lipinski definition) is 2. The smallest absolute Gasteiger partial charge is 0.426 e. The molecule has 0 aliphatic heterocycles. The average Bonchev–Trinajstić information content (AvgIpc) is 2.61. The fourth-order valence-electron chi connectivity index (χ4n) is 2.09. The molecule has 5 nitrogen and oxygen atoms in total. The van der Waals surface area contributed by atoms with Crippen molar-refractivity contribution in [2.45, 2.75) is 19.3 Å². The minimum atomic E-state index is -0.745. The molecule has 0 aromatic heterocycles. The molecule has 2 aromatic rings. The van der Waals surface area contributed by atoms with Crippen molar-refractivity contribution in [3.63, 3.8) is 0 Å². The van der Waals surface area contributed by atoms with Gasteiger partial charge in [-0.15, -0.1) is 0 Å². The molecule has 1 unspecified atom stereocenters. The fourth-order valence-corrected chi connectivity index (χ4v) is 2.09. The summed E-state index contributed by atoms with van der Waals surface area (Å²) in [6.45, 7) is 2.28. The maximum Gasteiger partial charge on any atom is 0.426 e. The van der Waals surface area contributed by atoms with Crippen molar-refractivity contribution in [2.75, 3.05) is 6.61 Å². The summed E-state index contributed by atoms with van der Waals surface area (Å²) in [5.41, 5.74) is 5.76. The van der Waals surface area contributed by atoms with Crippen LogP contribution in [0.4, 0.5) is 9.18 Å². The molecule has 126 valence electrons. The van der Waals surface area contributed by atoms with Crippen LogP contribution < -0.4 is 10.9 Å². The van der Waals surface area contributed by atoms with Crippen molar-refractivity contribution >= 4 is 12.0 Å². The third kappa shape index (κ3) is 5.39. The van der Waals surface area contributed by atoms with Gasteiger partial charge in [0.2, 0.25) is 0 Å². The molecule has 2 amide bonds. The van der Waals surface area contributed by atoms with Gasteiger partial charge in [0.1, 0.15) is 5.82 Å². The molecule has 6 heteroatoms. The summed E-state index contributed by atoms with van der Waals surface area (Å²) in [5.74, 6) is -0.733. The standard InChI is InChI=1S/C18H19FN2O3/c1-13(14-5-3-2-4-6-14)11-12-24-18(23)21-20-17(22)15-7-9-16(19)10-8-15/h2-10,13H,11-12H2,1H3,(H,20,22)(H,21,23). The number of hydrazine groups is 1. The molecule has 0 saturated heterocycles. The van der Waals surface area contributed by atoms with Crippen molar-refractivity contribution in [3.05, 3.63) is 71.5 Å². The van der Waals surface area contributed by atoms with Gasteiger partial charge in [-0.2, -0.15) is 0 Å². The molecule has 0 aliphatic carbocycles. The van der Waals surface area contributed by atoms with E-state index in [2.05, 4.69) is 10.9 Å². The van der Waals surface area contributed by atoms with E-state index in [1.54, 1.807) is 0 Å². The maximum absolute atomic E-state index is 12.8. The van der Waals surface area contributed by atoms with Crippen molar-refractivity contribution < 1.29 is 18.7 Å². The lowest BCUT2D eigenvalue weighted by Gasteiger charge is -2.12. The normalized spacial score (nSPS) is 11.4. The number of carbonyl (C=O) groups is 2. The van der Waals surface area contributed by atoms with E-state index in [1.807, 2.05) is 37.3 Å². The zero-order chi connectivity index (χ0) is 17.4. The maximum atomic E-state index is 12.8. The highest BCUT2D eigenvalue weighted by Crippen LogP contribution is 2.18. The highest BCUT2D eigenvalue weighted by atomic mass is 19.1. The van der Waals surface area contributed by atoms with Gasteiger partial charge >= 0.3 is 6.09 Å².